The van der Waals surface area contributed by atoms with E-state index in [4.69, 9.17) is 10.8 Å². The van der Waals surface area contributed by atoms with E-state index in [-0.39, 0.29) is 17.4 Å². The first-order valence-electron chi connectivity index (χ1n) is 6.52. The molecule has 5 heteroatoms. The van der Waals surface area contributed by atoms with Crippen molar-refractivity contribution in [1.29, 1.82) is 0 Å². The van der Waals surface area contributed by atoms with Gasteiger partial charge in [-0.3, -0.25) is 9.59 Å². The molecule has 1 fully saturated rings. The van der Waals surface area contributed by atoms with Gasteiger partial charge in [-0.05, 0) is 18.3 Å². The number of aliphatic carboxylic acids is 1. The van der Waals surface area contributed by atoms with Crippen molar-refractivity contribution in [2.45, 2.75) is 58.5 Å². The van der Waals surface area contributed by atoms with E-state index in [2.05, 4.69) is 5.32 Å². The highest BCUT2D eigenvalue weighted by atomic mass is 16.4. The predicted octanol–water partition coefficient (Wildman–Crippen LogP) is 1.12. The van der Waals surface area contributed by atoms with Gasteiger partial charge in [-0.25, -0.2) is 0 Å². The number of nitrogens with two attached hydrogens (primary N) is 1. The smallest absolute Gasteiger partial charge is 0.308 e. The van der Waals surface area contributed by atoms with Crippen LogP contribution in [0.3, 0.4) is 0 Å². The fourth-order valence-electron chi connectivity index (χ4n) is 2.27. The molecular formula is C13H24N2O3. The summed E-state index contributed by atoms with van der Waals surface area (Å²) in [6, 6.07) is -0.897. The topological polar surface area (TPSA) is 92.4 Å². The van der Waals surface area contributed by atoms with Gasteiger partial charge in [0.25, 0.3) is 0 Å². The third-order valence-corrected chi connectivity index (χ3v) is 3.63. The summed E-state index contributed by atoms with van der Waals surface area (Å²) in [5.74, 6) is -1.56. The summed E-state index contributed by atoms with van der Waals surface area (Å²) in [6.45, 7) is 5.69. The number of rotatable bonds is 3. The first-order chi connectivity index (χ1) is 8.23. The molecule has 1 amide bonds. The van der Waals surface area contributed by atoms with Crippen LogP contribution in [0.4, 0.5) is 0 Å². The lowest BCUT2D eigenvalue weighted by Gasteiger charge is -2.32. The van der Waals surface area contributed by atoms with E-state index in [1.807, 2.05) is 20.8 Å². The van der Waals surface area contributed by atoms with Crippen molar-refractivity contribution in [3.8, 4) is 0 Å². The minimum atomic E-state index is -0.829. The van der Waals surface area contributed by atoms with Crippen molar-refractivity contribution in [2.75, 3.05) is 0 Å². The second kappa shape index (κ2) is 5.69. The lowest BCUT2D eigenvalue weighted by atomic mass is 9.83. The first kappa shape index (κ1) is 15.0. The van der Waals surface area contributed by atoms with Crippen molar-refractivity contribution >= 4 is 11.9 Å². The monoisotopic (exact) mass is 256 g/mol. The standard InChI is InChI=1S/C13H24N2O3/c1-13(2,3)10(14)11(16)15-9-7-5-4-6-8(9)12(17)18/h8-10H,4-7,14H2,1-3H3,(H,15,16)(H,17,18)/t8?,9?,10-/m1/s1. The molecule has 0 saturated heterocycles. The second-order valence-corrected chi connectivity index (χ2v) is 6.19. The van der Waals surface area contributed by atoms with E-state index in [0.29, 0.717) is 6.42 Å². The number of carboxylic acid groups (broad SMARTS) is 1. The Bertz CT molecular complexity index is 323. The molecule has 0 aromatic carbocycles. The van der Waals surface area contributed by atoms with Crippen LogP contribution in [-0.2, 0) is 9.59 Å². The molecule has 0 aliphatic heterocycles. The van der Waals surface area contributed by atoms with E-state index in [0.717, 1.165) is 19.3 Å². The van der Waals surface area contributed by atoms with E-state index < -0.39 is 17.9 Å². The van der Waals surface area contributed by atoms with Crippen LogP contribution in [0.1, 0.15) is 46.5 Å². The zero-order chi connectivity index (χ0) is 13.9. The lowest BCUT2D eigenvalue weighted by molar-refractivity contribution is -0.144. The maximum Gasteiger partial charge on any atom is 0.308 e. The van der Waals surface area contributed by atoms with E-state index in [1.54, 1.807) is 0 Å². The lowest BCUT2D eigenvalue weighted by Crippen LogP contribution is -2.54. The SMILES string of the molecule is CC(C)(C)[C@H](N)C(=O)NC1CCCCC1C(=O)O. The van der Waals surface area contributed by atoms with E-state index in [9.17, 15) is 9.59 Å². The maximum atomic E-state index is 12.0. The largest absolute Gasteiger partial charge is 0.481 e. The van der Waals surface area contributed by atoms with Gasteiger partial charge in [-0.2, -0.15) is 0 Å². The molecule has 1 rings (SSSR count). The summed E-state index contributed by atoms with van der Waals surface area (Å²) >= 11 is 0. The molecule has 5 nitrogen and oxygen atoms in total. The first-order valence-corrected chi connectivity index (χ1v) is 6.52. The number of carbonyl (C=O) groups is 2. The Kier molecular flexibility index (Phi) is 4.73. The third-order valence-electron chi connectivity index (χ3n) is 3.63. The minimum Gasteiger partial charge on any atom is -0.481 e. The van der Waals surface area contributed by atoms with Gasteiger partial charge in [0.1, 0.15) is 0 Å². The van der Waals surface area contributed by atoms with Gasteiger partial charge in [-0.15, -0.1) is 0 Å². The summed E-state index contributed by atoms with van der Waals surface area (Å²) in [6.07, 6.45) is 3.22. The average Bonchev–Trinajstić information content (AvgIpc) is 2.27. The Morgan fingerprint density at radius 3 is 2.33 bits per heavy atom. The van der Waals surface area contributed by atoms with Crippen LogP contribution in [0.25, 0.3) is 0 Å². The summed E-state index contributed by atoms with van der Waals surface area (Å²) in [5, 5.41) is 11.9. The van der Waals surface area contributed by atoms with Gasteiger partial charge in [-0.1, -0.05) is 33.6 Å². The van der Waals surface area contributed by atoms with Crippen LogP contribution >= 0.6 is 0 Å². The summed E-state index contributed by atoms with van der Waals surface area (Å²) in [4.78, 5) is 23.1. The third kappa shape index (κ3) is 3.70. The van der Waals surface area contributed by atoms with Crippen molar-refractivity contribution in [1.82, 2.24) is 5.32 Å². The molecule has 0 aromatic heterocycles. The summed E-state index contributed by atoms with van der Waals surface area (Å²) in [5.41, 5.74) is 5.55. The van der Waals surface area contributed by atoms with Crippen LogP contribution in [0.15, 0.2) is 0 Å². The van der Waals surface area contributed by atoms with Crippen molar-refractivity contribution in [2.24, 2.45) is 17.1 Å². The Balaban J connectivity index is 2.64. The molecule has 2 unspecified atom stereocenters. The Morgan fingerprint density at radius 2 is 1.83 bits per heavy atom. The quantitative estimate of drug-likeness (QED) is 0.705. The highest BCUT2D eigenvalue weighted by Gasteiger charge is 2.35. The second-order valence-electron chi connectivity index (χ2n) is 6.19. The van der Waals surface area contributed by atoms with Crippen LogP contribution in [0.2, 0.25) is 0 Å². The molecule has 1 aliphatic rings. The summed E-state index contributed by atoms with van der Waals surface area (Å²) in [7, 11) is 0. The number of carbonyl (C=O) groups excluding carboxylic acids is 1. The van der Waals surface area contributed by atoms with E-state index >= 15 is 0 Å². The molecule has 0 radical (unpaired) electrons. The van der Waals surface area contributed by atoms with Crippen molar-refractivity contribution < 1.29 is 14.7 Å². The molecule has 3 atom stereocenters. The molecule has 18 heavy (non-hydrogen) atoms. The fraction of sp³-hybridized carbons (Fsp3) is 0.846. The predicted molar refractivity (Wildman–Crippen MR) is 69.0 cm³/mol. The molecule has 4 N–H and O–H groups in total. The Morgan fingerprint density at radius 1 is 1.28 bits per heavy atom. The Hall–Kier alpha value is -1.10. The number of amides is 1. The van der Waals surface area contributed by atoms with E-state index in [1.165, 1.54) is 0 Å². The molecule has 1 saturated carbocycles. The zero-order valence-electron chi connectivity index (χ0n) is 11.4. The van der Waals surface area contributed by atoms with Gasteiger partial charge in [0.15, 0.2) is 0 Å². The molecule has 104 valence electrons. The van der Waals surface area contributed by atoms with Gasteiger partial charge in [0.2, 0.25) is 5.91 Å². The van der Waals surface area contributed by atoms with Crippen molar-refractivity contribution in [3.63, 3.8) is 0 Å². The normalized spacial score (nSPS) is 26.4. The van der Waals surface area contributed by atoms with Gasteiger partial charge in [0.05, 0.1) is 12.0 Å². The molecule has 0 bridgehead atoms. The fourth-order valence-corrected chi connectivity index (χ4v) is 2.27. The summed E-state index contributed by atoms with van der Waals surface area (Å²) < 4.78 is 0. The van der Waals surface area contributed by atoms with Gasteiger partial charge >= 0.3 is 5.97 Å². The van der Waals surface area contributed by atoms with Crippen LogP contribution < -0.4 is 11.1 Å². The molecule has 0 heterocycles. The highest BCUT2D eigenvalue weighted by Crippen LogP contribution is 2.25. The molecule has 1 aliphatic carbocycles. The van der Waals surface area contributed by atoms with Crippen molar-refractivity contribution in [3.05, 3.63) is 0 Å². The molecular weight excluding hydrogens is 232 g/mol. The minimum absolute atomic E-state index is 0.249. The van der Waals surface area contributed by atoms with Gasteiger partial charge < -0.3 is 16.2 Å². The highest BCUT2D eigenvalue weighted by molar-refractivity contribution is 5.83. The number of carboxylic acids is 1. The van der Waals surface area contributed by atoms with Crippen LogP contribution in [0.5, 0.6) is 0 Å². The number of hydrogen-bond donors (Lipinski definition) is 3. The number of nitrogens with one attached hydrogen (secondary N) is 1. The average molecular weight is 256 g/mol. The molecule has 0 spiro atoms. The molecule has 0 aromatic rings. The number of hydrogen-bond acceptors (Lipinski definition) is 3. The van der Waals surface area contributed by atoms with Crippen LogP contribution in [-0.4, -0.2) is 29.1 Å². The van der Waals surface area contributed by atoms with Crippen LogP contribution in [0, 0.1) is 11.3 Å². The van der Waals surface area contributed by atoms with Gasteiger partial charge in [0, 0.05) is 6.04 Å². The Labute approximate surface area is 108 Å². The maximum absolute atomic E-state index is 12.0. The zero-order valence-corrected chi connectivity index (χ0v) is 11.4.